The van der Waals surface area contributed by atoms with Gasteiger partial charge in [0.1, 0.15) is 5.82 Å². The van der Waals surface area contributed by atoms with E-state index in [2.05, 4.69) is 5.32 Å². The first-order chi connectivity index (χ1) is 11.7. The van der Waals surface area contributed by atoms with Crippen LogP contribution in [0.4, 0.5) is 4.39 Å². The third-order valence-corrected chi connectivity index (χ3v) is 6.69. The van der Waals surface area contributed by atoms with Crippen molar-refractivity contribution < 1.29 is 17.6 Å². The predicted molar refractivity (Wildman–Crippen MR) is 94.4 cm³/mol. The van der Waals surface area contributed by atoms with Crippen LogP contribution in [0.3, 0.4) is 0 Å². The van der Waals surface area contributed by atoms with Gasteiger partial charge in [-0.25, -0.2) is 12.8 Å². The average Bonchev–Trinajstić information content (AvgIpc) is 2.81. The molecule has 25 heavy (non-hydrogen) atoms. The Kier molecular flexibility index (Phi) is 5.37. The predicted octanol–water partition coefficient (Wildman–Crippen LogP) is 2.48. The van der Waals surface area contributed by atoms with Gasteiger partial charge in [0.2, 0.25) is 15.9 Å². The molecule has 3 rings (SSSR count). The normalized spacial score (nSPS) is 26.6. The smallest absolute Gasteiger partial charge is 0.220 e. The lowest BCUT2D eigenvalue weighted by Crippen LogP contribution is -2.52. The molecule has 1 N–H and O–H groups in total. The molecular weight excluding hydrogens is 367 g/mol. The van der Waals surface area contributed by atoms with E-state index in [9.17, 15) is 17.6 Å². The van der Waals surface area contributed by atoms with Crippen molar-refractivity contribution in [1.82, 2.24) is 9.62 Å². The molecule has 2 aliphatic heterocycles. The molecule has 0 spiro atoms. The lowest BCUT2D eigenvalue weighted by molar-refractivity contribution is -0.122. The second-order valence-electron chi connectivity index (χ2n) is 6.96. The largest absolute Gasteiger partial charge is 0.353 e. The van der Waals surface area contributed by atoms with Crippen LogP contribution in [-0.2, 0) is 21.2 Å². The van der Waals surface area contributed by atoms with E-state index in [1.807, 2.05) is 0 Å². The van der Waals surface area contributed by atoms with Crippen LogP contribution >= 0.6 is 11.6 Å². The van der Waals surface area contributed by atoms with Gasteiger partial charge < -0.3 is 5.32 Å². The van der Waals surface area contributed by atoms with Gasteiger partial charge in [0.05, 0.1) is 11.3 Å². The highest BCUT2D eigenvalue weighted by Crippen LogP contribution is 2.37. The lowest BCUT2D eigenvalue weighted by atomic mass is 9.99. The summed E-state index contributed by atoms with van der Waals surface area (Å²) in [6.45, 7) is 0. The molecule has 1 aromatic rings. The van der Waals surface area contributed by atoms with Crippen LogP contribution in [0, 0.1) is 5.82 Å². The summed E-state index contributed by atoms with van der Waals surface area (Å²) in [6, 6.07) is 4.47. The van der Waals surface area contributed by atoms with E-state index in [1.54, 1.807) is 10.4 Å². The summed E-state index contributed by atoms with van der Waals surface area (Å²) < 4.78 is 38.5. The average molecular weight is 389 g/mol. The fraction of sp³-hybridized carbons (Fsp3) is 0.588. The number of hydrogen-bond donors (Lipinski definition) is 1. The molecule has 0 saturated carbocycles. The topological polar surface area (TPSA) is 66.5 Å². The van der Waals surface area contributed by atoms with Crippen molar-refractivity contribution in [2.75, 3.05) is 6.26 Å². The molecule has 2 heterocycles. The fourth-order valence-corrected chi connectivity index (χ4v) is 5.72. The monoisotopic (exact) mass is 388 g/mol. The molecule has 2 saturated heterocycles. The summed E-state index contributed by atoms with van der Waals surface area (Å²) in [5.41, 5.74) is 0.813. The number of halogens is 2. The molecule has 1 amide bonds. The van der Waals surface area contributed by atoms with Crippen LogP contribution in [-0.4, -0.2) is 43.0 Å². The van der Waals surface area contributed by atoms with E-state index in [-0.39, 0.29) is 29.1 Å². The zero-order valence-corrected chi connectivity index (χ0v) is 15.6. The van der Waals surface area contributed by atoms with Crippen molar-refractivity contribution in [2.45, 2.75) is 56.7 Å². The molecule has 0 radical (unpaired) electrons. The van der Waals surface area contributed by atoms with E-state index in [0.717, 1.165) is 18.4 Å². The third-order valence-electron chi connectivity index (χ3n) is 5.04. The number of benzene rings is 1. The van der Waals surface area contributed by atoms with E-state index >= 15 is 0 Å². The highest BCUT2D eigenvalue weighted by atomic mass is 35.5. The number of sulfonamides is 1. The van der Waals surface area contributed by atoms with Gasteiger partial charge in [-0.1, -0.05) is 17.7 Å². The van der Waals surface area contributed by atoms with Crippen molar-refractivity contribution in [3.05, 3.63) is 34.6 Å². The number of carbonyl (C=O) groups excluding carboxylic acids is 1. The van der Waals surface area contributed by atoms with Gasteiger partial charge in [0.25, 0.3) is 0 Å². The molecule has 2 aliphatic rings. The Labute approximate surface area is 152 Å². The SMILES string of the molecule is CS(=O)(=O)N1C2CCC1CC(NC(=O)CCc1ccc(F)c(Cl)c1)C2. The number of hydrogen-bond acceptors (Lipinski definition) is 3. The summed E-state index contributed by atoms with van der Waals surface area (Å²) >= 11 is 5.74. The van der Waals surface area contributed by atoms with Crippen LogP contribution in [0.5, 0.6) is 0 Å². The van der Waals surface area contributed by atoms with Crippen molar-refractivity contribution >= 4 is 27.5 Å². The Hall–Kier alpha value is -1.18. The lowest BCUT2D eigenvalue weighted by Gasteiger charge is -2.37. The molecule has 5 nitrogen and oxygen atoms in total. The number of carbonyl (C=O) groups is 1. The van der Waals surface area contributed by atoms with Crippen LogP contribution in [0.25, 0.3) is 0 Å². The van der Waals surface area contributed by atoms with Crippen molar-refractivity contribution in [1.29, 1.82) is 0 Å². The first-order valence-electron chi connectivity index (χ1n) is 8.46. The molecular formula is C17H22ClFN2O3S. The zero-order chi connectivity index (χ0) is 18.2. The quantitative estimate of drug-likeness (QED) is 0.842. The Morgan fingerprint density at radius 1 is 1.32 bits per heavy atom. The van der Waals surface area contributed by atoms with Gasteiger partial charge in [0.15, 0.2) is 0 Å². The Balaban J connectivity index is 1.52. The zero-order valence-electron chi connectivity index (χ0n) is 14.0. The minimum absolute atomic E-state index is 0.00467. The number of nitrogens with one attached hydrogen (secondary N) is 1. The molecule has 2 bridgehead atoms. The Bertz CT molecular complexity index is 757. The van der Waals surface area contributed by atoms with Gasteiger partial charge in [-0.2, -0.15) is 4.31 Å². The van der Waals surface area contributed by atoms with Crippen molar-refractivity contribution in [2.24, 2.45) is 0 Å². The molecule has 0 aliphatic carbocycles. The summed E-state index contributed by atoms with van der Waals surface area (Å²) in [5, 5.41) is 3.08. The Morgan fingerprint density at radius 2 is 1.96 bits per heavy atom. The van der Waals surface area contributed by atoms with E-state index < -0.39 is 15.8 Å². The molecule has 0 aromatic heterocycles. The third kappa shape index (κ3) is 4.33. The van der Waals surface area contributed by atoms with Gasteiger partial charge in [-0.15, -0.1) is 0 Å². The second kappa shape index (κ2) is 7.21. The van der Waals surface area contributed by atoms with Crippen molar-refractivity contribution in [3.8, 4) is 0 Å². The standard InChI is InChI=1S/C17H22ClFN2O3S/c1-25(23,24)21-13-4-5-14(21)10-12(9-13)20-17(22)7-3-11-2-6-16(19)15(18)8-11/h2,6,8,12-14H,3-5,7,9-10H2,1H3,(H,20,22). The van der Waals surface area contributed by atoms with Crippen LogP contribution in [0.15, 0.2) is 18.2 Å². The summed E-state index contributed by atoms with van der Waals surface area (Å²) in [7, 11) is -3.19. The minimum Gasteiger partial charge on any atom is -0.353 e. The number of piperidine rings is 1. The maximum Gasteiger partial charge on any atom is 0.220 e. The summed E-state index contributed by atoms with van der Waals surface area (Å²) in [5.74, 6) is -0.541. The maximum absolute atomic E-state index is 13.1. The number of nitrogens with zero attached hydrogens (tertiary/aromatic N) is 1. The first-order valence-corrected chi connectivity index (χ1v) is 10.7. The van der Waals surface area contributed by atoms with E-state index in [0.29, 0.717) is 25.7 Å². The molecule has 1 aromatic carbocycles. The highest BCUT2D eigenvalue weighted by Gasteiger charge is 2.45. The number of rotatable bonds is 5. The molecule has 2 fully saturated rings. The Morgan fingerprint density at radius 3 is 2.52 bits per heavy atom. The number of amides is 1. The second-order valence-corrected chi connectivity index (χ2v) is 9.26. The molecule has 138 valence electrons. The van der Waals surface area contributed by atoms with Gasteiger partial charge in [0, 0.05) is 24.5 Å². The molecule has 2 atom stereocenters. The van der Waals surface area contributed by atoms with Crippen LogP contribution < -0.4 is 5.32 Å². The number of fused-ring (bicyclic) bond motifs is 2. The first kappa shape index (κ1) is 18.6. The van der Waals surface area contributed by atoms with Crippen LogP contribution in [0.2, 0.25) is 5.02 Å². The van der Waals surface area contributed by atoms with E-state index in [4.69, 9.17) is 11.6 Å². The number of aryl methyl sites for hydroxylation is 1. The summed E-state index contributed by atoms with van der Waals surface area (Å²) in [4.78, 5) is 12.2. The molecule has 8 heteroatoms. The van der Waals surface area contributed by atoms with E-state index in [1.165, 1.54) is 18.4 Å². The fourth-order valence-electron chi connectivity index (χ4n) is 4.05. The summed E-state index contributed by atoms with van der Waals surface area (Å²) in [6.07, 6.45) is 5.08. The van der Waals surface area contributed by atoms with Gasteiger partial charge in [-0.3, -0.25) is 4.79 Å². The minimum atomic E-state index is -3.19. The van der Waals surface area contributed by atoms with Gasteiger partial charge >= 0.3 is 0 Å². The van der Waals surface area contributed by atoms with Crippen molar-refractivity contribution in [3.63, 3.8) is 0 Å². The highest BCUT2D eigenvalue weighted by molar-refractivity contribution is 7.88. The maximum atomic E-state index is 13.1. The van der Waals surface area contributed by atoms with Crippen LogP contribution in [0.1, 0.15) is 37.7 Å². The molecule has 2 unspecified atom stereocenters. The van der Waals surface area contributed by atoms with Gasteiger partial charge in [-0.05, 0) is 49.8 Å².